The molecule has 1 saturated carbocycles. The lowest BCUT2D eigenvalue weighted by Gasteiger charge is -2.30. The molecule has 1 amide bonds. The van der Waals surface area contributed by atoms with Gasteiger partial charge in [0.2, 0.25) is 5.91 Å². The SMILES string of the molecule is CC(=O)[C@@H]1CCCCC1C(=O)NCCN1CCCCC1. The van der Waals surface area contributed by atoms with Crippen LogP contribution in [0, 0.1) is 11.8 Å². The van der Waals surface area contributed by atoms with E-state index in [4.69, 9.17) is 0 Å². The summed E-state index contributed by atoms with van der Waals surface area (Å²) in [6.45, 7) is 5.62. The molecule has 0 aromatic heterocycles. The zero-order valence-corrected chi connectivity index (χ0v) is 12.7. The van der Waals surface area contributed by atoms with Gasteiger partial charge in [0.1, 0.15) is 5.78 Å². The number of piperidine rings is 1. The predicted molar refractivity (Wildman–Crippen MR) is 79.4 cm³/mol. The van der Waals surface area contributed by atoms with E-state index in [-0.39, 0.29) is 23.5 Å². The van der Waals surface area contributed by atoms with Gasteiger partial charge in [0.15, 0.2) is 0 Å². The van der Waals surface area contributed by atoms with Crippen LogP contribution in [0.2, 0.25) is 0 Å². The molecule has 1 aliphatic carbocycles. The molecule has 0 aromatic rings. The van der Waals surface area contributed by atoms with E-state index in [1.54, 1.807) is 6.92 Å². The molecule has 0 spiro atoms. The molecule has 4 nitrogen and oxygen atoms in total. The quantitative estimate of drug-likeness (QED) is 0.838. The van der Waals surface area contributed by atoms with Crippen molar-refractivity contribution < 1.29 is 9.59 Å². The first-order chi connectivity index (χ1) is 9.68. The normalized spacial score (nSPS) is 28.1. The van der Waals surface area contributed by atoms with Crippen molar-refractivity contribution in [3.8, 4) is 0 Å². The van der Waals surface area contributed by atoms with Gasteiger partial charge in [-0.05, 0) is 45.7 Å². The predicted octanol–water partition coefficient (Wildman–Crippen LogP) is 1.98. The number of hydrogen-bond donors (Lipinski definition) is 1. The Kier molecular flexibility index (Phi) is 6.02. The van der Waals surface area contributed by atoms with Crippen molar-refractivity contribution in [3.05, 3.63) is 0 Å². The number of carbonyl (C=O) groups excluding carboxylic acids is 2. The van der Waals surface area contributed by atoms with E-state index >= 15 is 0 Å². The number of carbonyl (C=O) groups is 2. The summed E-state index contributed by atoms with van der Waals surface area (Å²) in [5.41, 5.74) is 0. The Morgan fingerprint density at radius 1 is 1.00 bits per heavy atom. The monoisotopic (exact) mass is 280 g/mol. The highest BCUT2D eigenvalue weighted by atomic mass is 16.2. The first-order valence-electron chi connectivity index (χ1n) is 8.19. The first-order valence-corrected chi connectivity index (χ1v) is 8.19. The van der Waals surface area contributed by atoms with Gasteiger partial charge < -0.3 is 10.2 Å². The van der Waals surface area contributed by atoms with Crippen LogP contribution in [0.25, 0.3) is 0 Å². The highest BCUT2D eigenvalue weighted by molar-refractivity contribution is 5.87. The maximum absolute atomic E-state index is 12.3. The lowest BCUT2D eigenvalue weighted by molar-refractivity contribution is -0.134. The molecule has 2 rings (SSSR count). The Bertz CT molecular complexity index is 337. The molecule has 114 valence electrons. The molecule has 4 heteroatoms. The Morgan fingerprint density at radius 2 is 1.65 bits per heavy atom. The third-order valence-electron chi connectivity index (χ3n) is 4.80. The summed E-state index contributed by atoms with van der Waals surface area (Å²) in [6.07, 6.45) is 7.83. The average molecular weight is 280 g/mol. The number of likely N-dealkylation sites (tertiary alicyclic amines) is 1. The van der Waals surface area contributed by atoms with E-state index in [1.165, 1.54) is 19.3 Å². The van der Waals surface area contributed by atoms with Gasteiger partial charge in [-0.3, -0.25) is 9.59 Å². The lowest BCUT2D eigenvalue weighted by atomic mass is 9.77. The van der Waals surface area contributed by atoms with E-state index in [1.807, 2.05) is 0 Å². The van der Waals surface area contributed by atoms with Gasteiger partial charge in [0, 0.05) is 24.9 Å². The maximum atomic E-state index is 12.3. The van der Waals surface area contributed by atoms with Crippen molar-refractivity contribution in [2.24, 2.45) is 11.8 Å². The van der Waals surface area contributed by atoms with Crippen molar-refractivity contribution in [2.75, 3.05) is 26.2 Å². The minimum absolute atomic E-state index is 0.0428. The molecule has 1 heterocycles. The van der Waals surface area contributed by atoms with Crippen LogP contribution in [0.1, 0.15) is 51.9 Å². The van der Waals surface area contributed by atoms with Gasteiger partial charge in [0.25, 0.3) is 0 Å². The van der Waals surface area contributed by atoms with Crippen LogP contribution in [0.3, 0.4) is 0 Å². The summed E-state index contributed by atoms with van der Waals surface area (Å²) in [7, 11) is 0. The molecule has 1 unspecified atom stereocenters. The number of nitrogens with one attached hydrogen (secondary N) is 1. The summed E-state index contributed by atoms with van der Waals surface area (Å²) >= 11 is 0. The molecule has 1 aliphatic heterocycles. The van der Waals surface area contributed by atoms with Gasteiger partial charge in [-0.1, -0.05) is 19.3 Å². The van der Waals surface area contributed by atoms with E-state index in [0.29, 0.717) is 0 Å². The fourth-order valence-electron chi connectivity index (χ4n) is 3.58. The minimum Gasteiger partial charge on any atom is -0.355 e. The van der Waals surface area contributed by atoms with E-state index in [9.17, 15) is 9.59 Å². The van der Waals surface area contributed by atoms with Crippen LogP contribution in [-0.2, 0) is 9.59 Å². The molecule has 1 saturated heterocycles. The van der Waals surface area contributed by atoms with Crippen molar-refractivity contribution in [1.29, 1.82) is 0 Å². The number of ketones is 1. The molecular weight excluding hydrogens is 252 g/mol. The van der Waals surface area contributed by atoms with E-state index < -0.39 is 0 Å². The molecule has 2 atom stereocenters. The van der Waals surface area contributed by atoms with Crippen LogP contribution < -0.4 is 5.32 Å². The van der Waals surface area contributed by atoms with E-state index in [2.05, 4.69) is 10.2 Å². The smallest absolute Gasteiger partial charge is 0.223 e. The Balaban J connectivity index is 1.73. The zero-order valence-electron chi connectivity index (χ0n) is 12.7. The second-order valence-corrected chi connectivity index (χ2v) is 6.30. The highest BCUT2D eigenvalue weighted by Crippen LogP contribution is 2.30. The Morgan fingerprint density at radius 3 is 2.30 bits per heavy atom. The first kappa shape index (κ1) is 15.5. The van der Waals surface area contributed by atoms with Crippen molar-refractivity contribution in [2.45, 2.75) is 51.9 Å². The second kappa shape index (κ2) is 7.77. The topological polar surface area (TPSA) is 49.4 Å². The summed E-state index contributed by atoms with van der Waals surface area (Å²) in [5.74, 6) is 0.157. The standard InChI is InChI=1S/C16H28N2O2/c1-13(19)14-7-3-4-8-15(14)16(20)17-9-12-18-10-5-2-6-11-18/h14-15H,2-12H2,1H3,(H,17,20)/t14-,15?/m0/s1. The Hall–Kier alpha value is -0.900. The number of hydrogen-bond acceptors (Lipinski definition) is 3. The molecule has 2 aliphatic rings. The minimum atomic E-state index is -0.0809. The molecule has 0 bridgehead atoms. The summed E-state index contributed by atoms with van der Waals surface area (Å²) < 4.78 is 0. The third-order valence-corrected chi connectivity index (χ3v) is 4.80. The second-order valence-electron chi connectivity index (χ2n) is 6.30. The van der Waals surface area contributed by atoms with Gasteiger partial charge in [-0.15, -0.1) is 0 Å². The van der Waals surface area contributed by atoms with Crippen LogP contribution >= 0.6 is 0 Å². The fraction of sp³-hybridized carbons (Fsp3) is 0.875. The van der Waals surface area contributed by atoms with Crippen LogP contribution in [0.5, 0.6) is 0 Å². The lowest BCUT2D eigenvalue weighted by Crippen LogP contribution is -2.43. The van der Waals surface area contributed by atoms with Gasteiger partial charge in [-0.2, -0.15) is 0 Å². The molecule has 1 N–H and O–H groups in total. The number of amides is 1. The molecule has 20 heavy (non-hydrogen) atoms. The molecule has 0 radical (unpaired) electrons. The van der Waals surface area contributed by atoms with Crippen LogP contribution in [0.4, 0.5) is 0 Å². The Labute approximate surface area is 122 Å². The molecular formula is C16H28N2O2. The maximum Gasteiger partial charge on any atom is 0.223 e. The van der Waals surface area contributed by atoms with Crippen molar-refractivity contribution in [1.82, 2.24) is 10.2 Å². The number of nitrogens with zero attached hydrogens (tertiary/aromatic N) is 1. The summed E-state index contributed by atoms with van der Waals surface area (Å²) in [6, 6.07) is 0. The number of Topliss-reactive ketones (excluding diaryl/α,β-unsaturated/α-hetero) is 1. The van der Waals surface area contributed by atoms with Gasteiger partial charge in [-0.25, -0.2) is 0 Å². The average Bonchev–Trinajstić information content (AvgIpc) is 2.48. The van der Waals surface area contributed by atoms with Crippen LogP contribution in [0.15, 0.2) is 0 Å². The van der Waals surface area contributed by atoms with Gasteiger partial charge in [0.05, 0.1) is 0 Å². The van der Waals surface area contributed by atoms with Crippen LogP contribution in [-0.4, -0.2) is 42.8 Å². The zero-order chi connectivity index (χ0) is 14.4. The molecule has 2 fully saturated rings. The van der Waals surface area contributed by atoms with E-state index in [0.717, 1.165) is 51.9 Å². The molecule has 0 aromatic carbocycles. The van der Waals surface area contributed by atoms with Gasteiger partial charge >= 0.3 is 0 Å². The largest absolute Gasteiger partial charge is 0.355 e. The number of rotatable bonds is 5. The highest BCUT2D eigenvalue weighted by Gasteiger charge is 2.33. The third kappa shape index (κ3) is 4.30. The van der Waals surface area contributed by atoms with Crippen molar-refractivity contribution >= 4 is 11.7 Å². The summed E-state index contributed by atoms with van der Waals surface area (Å²) in [4.78, 5) is 26.3. The fourth-order valence-corrected chi connectivity index (χ4v) is 3.58. The summed E-state index contributed by atoms with van der Waals surface area (Å²) in [5, 5.41) is 3.05. The van der Waals surface area contributed by atoms with Crippen molar-refractivity contribution in [3.63, 3.8) is 0 Å².